The Morgan fingerprint density at radius 1 is 1.71 bits per heavy atom. The van der Waals surface area contributed by atoms with E-state index in [0.29, 0.717) is 0 Å². The number of rotatable bonds is 1. The van der Waals surface area contributed by atoms with Crippen LogP contribution in [0.25, 0.3) is 0 Å². The molecule has 0 aromatic carbocycles. The third kappa shape index (κ3) is 20.7. The quantitative estimate of drug-likeness (QED) is 0.480. The van der Waals surface area contributed by atoms with Gasteiger partial charge in [-0.25, -0.2) is 0 Å². The molecule has 0 aliphatic carbocycles. The van der Waals surface area contributed by atoms with Crippen LogP contribution in [-0.2, 0) is 24.3 Å². The van der Waals surface area contributed by atoms with Gasteiger partial charge in [0, 0.05) is 19.5 Å². The van der Waals surface area contributed by atoms with Crippen LogP contribution in [0, 0.1) is 0 Å². The molecule has 0 amide bonds. The fourth-order valence-electron chi connectivity index (χ4n) is 0. The van der Waals surface area contributed by atoms with Crippen molar-refractivity contribution in [3.63, 3.8) is 0 Å². The largest absolute Gasteiger partial charge is 0 e. The molecule has 0 aromatic heterocycles. The molecular weight excluding hydrogens is 208 g/mol. The van der Waals surface area contributed by atoms with Crippen LogP contribution in [0.3, 0.4) is 0 Å². The van der Waals surface area contributed by atoms with Crippen LogP contribution >= 0.6 is 0 Å². The average Bonchev–Trinajstić information content (AvgIpc) is 1.38. The van der Waals surface area contributed by atoms with Gasteiger partial charge < -0.3 is 10.8 Å². The summed E-state index contributed by atoms with van der Waals surface area (Å²) in [6.07, 6.45) is 0. The smallest absolute Gasteiger partial charge is 0 e. The van der Waals surface area contributed by atoms with Crippen molar-refractivity contribution in [1.29, 1.82) is 0 Å². The van der Waals surface area contributed by atoms with Crippen LogP contribution in [0.5, 0.6) is 0 Å². The molecule has 0 radical (unpaired) electrons. The number of aliphatic carboxylic acids is 1. The zero-order chi connectivity index (χ0) is 4.28. The molecule has 7 heavy (non-hydrogen) atoms. The summed E-state index contributed by atoms with van der Waals surface area (Å²) in [5.41, 5.74) is 4.57. The van der Waals surface area contributed by atoms with Gasteiger partial charge >= 0.3 is 23.6 Å². The molecule has 0 fully saturated rings. The molecule has 5 heteroatoms. The summed E-state index contributed by atoms with van der Waals surface area (Å²) in [6.45, 7) is -0.278. The molecular formula is C2H9GeNO2Zn. The molecule has 0 unspecified atom stereocenters. The zero-order valence-electron chi connectivity index (χ0n) is 3.35. The van der Waals surface area contributed by atoms with Crippen molar-refractivity contribution in [3.8, 4) is 0 Å². The Kier molecular flexibility index (Phi) is 21.9. The first-order chi connectivity index (χ1) is 2.27. The molecule has 0 aromatic rings. The molecule has 0 spiro atoms. The summed E-state index contributed by atoms with van der Waals surface area (Å²) in [5.74, 6) is -0.968. The van der Waals surface area contributed by atoms with Crippen LogP contribution in [0.4, 0.5) is 0 Å². The van der Waals surface area contributed by atoms with Crippen molar-refractivity contribution in [3.05, 3.63) is 0 Å². The van der Waals surface area contributed by atoms with Gasteiger partial charge in [-0.2, -0.15) is 0 Å². The maximum Gasteiger partial charge on any atom is 0 e. The number of nitrogens with two attached hydrogens (primary N) is 1. The van der Waals surface area contributed by atoms with Crippen molar-refractivity contribution < 1.29 is 29.4 Å². The summed E-state index contributed by atoms with van der Waals surface area (Å²) < 4.78 is 0. The SMILES string of the molecule is NCC(=O)O.[GeH4].[Zn]. The van der Waals surface area contributed by atoms with E-state index in [0.717, 1.165) is 0 Å². The molecule has 0 bridgehead atoms. The second-order valence-electron chi connectivity index (χ2n) is 0.598. The Morgan fingerprint density at radius 3 is 1.86 bits per heavy atom. The normalized spacial score (nSPS) is 5.29. The van der Waals surface area contributed by atoms with E-state index in [-0.39, 0.29) is 43.6 Å². The Bertz CT molecular complexity index is 51.0. The Morgan fingerprint density at radius 2 is 1.86 bits per heavy atom. The first-order valence-electron chi connectivity index (χ1n) is 1.19. The van der Waals surface area contributed by atoms with Gasteiger partial charge in [0.25, 0.3) is 0 Å². The standard InChI is InChI=1S/C2H5NO2.GeH4.Zn/c3-1-2(4)5;;/h1,3H2,(H,4,5);1H4;. The van der Waals surface area contributed by atoms with E-state index in [2.05, 4.69) is 5.73 Å². The van der Waals surface area contributed by atoms with Gasteiger partial charge in [-0.1, -0.05) is 0 Å². The van der Waals surface area contributed by atoms with Gasteiger partial charge in [-0.15, -0.1) is 0 Å². The number of carbonyl (C=O) groups is 1. The maximum absolute atomic E-state index is 9.24. The average molecular weight is 217 g/mol. The molecule has 0 saturated heterocycles. The van der Waals surface area contributed by atoms with Crippen molar-refractivity contribution in [2.24, 2.45) is 5.73 Å². The maximum atomic E-state index is 9.24. The summed E-state index contributed by atoms with van der Waals surface area (Å²) in [6, 6.07) is 0. The third-order valence-electron chi connectivity index (χ3n) is 0.175. The van der Waals surface area contributed by atoms with Crippen LogP contribution in [0.1, 0.15) is 0 Å². The Balaban J connectivity index is -0.0000000800. The molecule has 0 rings (SSSR count). The summed E-state index contributed by atoms with van der Waals surface area (Å²) in [7, 11) is 0. The van der Waals surface area contributed by atoms with Crippen LogP contribution in [0.2, 0.25) is 0 Å². The van der Waals surface area contributed by atoms with Crippen molar-refractivity contribution in [2.75, 3.05) is 6.54 Å². The molecule has 0 atom stereocenters. The van der Waals surface area contributed by atoms with Crippen LogP contribution < -0.4 is 5.73 Å². The molecule has 0 aliphatic rings. The van der Waals surface area contributed by atoms with Crippen LogP contribution in [-0.4, -0.2) is 35.2 Å². The summed E-state index contributed by atoms with van der Waals surface area (Å²) >= 11 is 0. The van der Waals surface area contributed by atoms with Gasteiger partial charge in [-0.05, 0) is 0 Å². The molecule has 3 nitrogen and oxygen atoms in total. The monoisotopic (exact) mass is 217 g/mol. The van der Waals surface area contributed by atoms with Gasteiger partial charge in [0.15, 0.2) is 0 Å². The van der Waals surface area contributed by atoms with E-state index in [1.165, 1.54) is 0 Å². The number of carboxylic acids is 1. The number of hydrogen-bond acceptors (Lipinski definition) is 2. The van der Waals surface area contributed by atoms with Crippen molar-refractivity contribution in [2.45, 2.75) is 0 Å². The third-order valence-corrected chi connectivity index (χ3v) is 0.175. The van der Waals surface area contributed by atoms with E-state index >= 15 is 0 Å². The van der Waals surface area contributed by atoms with E-state index < -0.39 is 5.97 Å². The molecule has 0 aliphatic heterocycles. The predicted molar refractivity (Wildman–Crippen MR) is 28.0 cm³/mol. The van der Waals surface area contributed by atoms with E-state index in [4.69, 9.17) is 5.11 Å². The first-order valence-corrected chi connectivity index (χ1v) is 1.19. The second-order valence-corrected chi connectivity index (χ2v) is 0.598. The van der Waals surface area contributed by atoms with E-state index in [9.17, 15) is 4.79 Å². The minimum atomic E-state index is -0.968. The van der Waals surface area contributed by atoms with Gasteiger partial charge in [-0.3, -0.25) is 4.79 Å². The number of hydrogen-bond donors (Lipinski definition) is 2. The van der Waals surface area contributed by atoms with Crippen LogP contribution in [0.15, 0.2) is 0 Å². The summed E-state index contributed by atoms with van der Waals surface area (Å²) in [5, 5.41) is 7.60. The first kappa shape index (κ1) is 15.6. The topological polar surface area (TPSA) is 63.3 Å². The zero-order valence-corrected chi connectivity index (χ0v) is 6.31. The fourth-order valence-corrected chi connectivity index (χ4v) is 0. The fraction of sp³-hybridized carbons (Fsp3) is 0.500. The molecule has 3 N–H and O–H groups in total. The molecule has 0 saturated carbocycles. The second kappa shape index (κ2) is 9.78. The minimum absolute atomic E-state index is 0. The van der Waals surface area contributed by atoms with E-state index in [1.54, 1.807) is 0 Å². The molecule has 40 valence electrons. The van der Waals surface area contributed by atoms with Crippen molar-refractivity contribution >= 4 is 23.6 Å². The minimum Gasteiger partial charge on any atom is 0 e. The van der Waals surface area contributed by atoms with Crippen molar-refractivity contribution in [1.82, 2.24) is 0 Å². The predicted octanol–water partition coefficient (Wildman–Crippen LogP) is -2.42. The summed E-state index contributed by atoms with van der Waals surface area (Å²) in [4.78, 5) is 9.24. The Hall–Kier alpha value is 0.596. The Labute approximate surface area is 65.4 Å². The van der Waals surface area contributed by atoms with E-state index in [1.807, 2.05) is 0 Å². The van der Waals surface area contributed by atoms with Gasteiger partial charge in [0.05, 0.1) is 6.54 Å². The van der Waals surface area contributed by atoms with Gasteiger partial charge in [0.1, 0.15) is 0 Å². The molecule has 0 heterocycles. The van der Waals surface area contributed by atoms with Gasteiger partial charge in [0.2, 0.25) is 0 Å². The number of carboxylic acid groups (broad SMARTS) is 1.